The molecule has 2 heterocycles. The van der Waals surface area contributed by atoms with Gasteiger partial charge in [-0.25, -0.2) is 8.42 Å². The van der Waals surface area contributed by atoms with Crippen molar-refractivity contribution >= 4 is 10.0 Å². The third kappa shape index (κ3) is 2.43. The summed E-state index contributed by atoms with van der Waals surface area (Å²) in [6, 6.07) is 0. The van der Waals surface area contributed by atoms with Crippen LogP contribution in [0, 0.1) is 0 Å². The van der Waals surface area contributed by atoms with Gasteiger partial charge in [0.2, 0.25) is 10.0 Å². The molecule has 1 atom stereocenters. The molecule has 2 saturated heterocycles. The monoisotopic (exact) mass is 275 g/mol. The highest BCUT2D eigenvalue weighted by Gasteiger charge is 2.44. The molecule has 2 fully saturated rings. The standard InChI is InChI=1S/C12H25N3O2S/c1-12(2)10-13-7-9-15(18(12,16)17)11-6-4-5-8-14(11)3/h11,13H,4-10H2,1-3H3. The van der Waals surface area contributed by atoms with Crippen LogP contribution in [0.15, 0.2) is 0 Å². The summed E-state index contributed by atoms with van der Waals surface area (Å²) in [5.41, 5.74) is 0. The third-order valence-electron chi connectivity index (χ3n) is 4.13. The molecule has 0 aromatic heterocycles. The quantitative estimate of drug-likeness (QED) is 0.754. The molecule has 1 unspecified atom stereocenters. The molecule has 5 nitrogen and oxygen atoms in total. The van der Waals surface area contributed by atoms with Gasteiger partial charge in [-0.3, -0.25) is 4.90 Å². The van der Waals surface area contributed by atoms with Crippen LogP contribution in [0.3, 0.4) is 0 Å². The maximum atomic E-state index is 12.8. The van der Waals surface area contributed by atoms with Crippen LogP contribution in [0.5, 0.6) is 0 Å². The van der Waals surface area contributed by atoms with E-state index in [0.29, 0.717) is 13.1 Å². The average Bonchev–Trinajstić information content (AvgIpc) is 2.39. The molecule has 106 valence electrons. The minimum absolute atomic E-state index is 0.0444. The topological polar surface area (TPSA) is 52.6 Å². The van der Waals surface area contributed by atoms with Gasteiger partial charge in [-0.2, -0.15) is 4.31 Å². The molecule has 6 heteroatoms. The molecule has 0 aromatic rings. The van der Waals surface area contributed by atoms with Crippen LogP contribution < -0.4 is 5.32 Å². The van der Waals surface area contributed by atoms with E-state index in [1.165, 1.54) is 6.42 Å². The summed E-state index contributed by atoms with van der Waals surface area (Å²) < 4.78 is 26.5. The van der Waals surface area contributed by atoms with Gasteiger partial charge in [0.05, 0.1) is 10.9 Å². The minimum Gasteiger partial charge on any atom is -0.314 e. The van der Waals surface area contributed by atoms with E-state index >= 15 is 0 Å². The fraction of sp³-hybridized carbons (Fsp3) is 1.00. The summed E-state index contributed by atoms with van der Waals surface area (Å²) >= 11 is 0. The zero-order valence-corrected chi connectivity index (χ0v) is 12.5. The summed E-state index contributed by atoms with van der Waals surface area (Å²) in [5, 5.41) is 3.24. The molecule has 18 heavy (non-hydrogen) atoms. The fourth-order valence-corrected chi connectivity index (χ4v) is 4.68. The first-order valence-electron chi connectivity index (χ1n) is 6.79. The maximum absolute atomic E-state index is 12.8. The lowest BCUT2D eigenvalue weighted by molar-refractivity contribution is 0.0892. The molecular weight excluding hydrogens is 250 g/mol. The van der Waals surface area contributed by atoms with Crippen molar-refractivity contribution in [1.82, 2.24) is 14.5 Å². The predicted octanol–water partition coefficient (Wildman–Crippen LogP) is 0.442. The van der Waals surface area contributed by atoms with E-state index in [1.54, 1.807) is 4.31 Å². The number of likely N-dealkylation sites (tertiary alicyclic amines) is 1. The normalized spacial score (nSPS) is 34.1. The number of nitrogens with zero attached hydrogens (tertiary/aromatic N) is 2. The zero-order chi connectivity index (χ0) is 13.4. The molecule has 0 radical (unpaired) electrons. The van der Waals surface area contributed by atoms with Gasteiger partial charge in [0.25, 0.3) is 0 Å². The zero-order valence-electron chi connectivity index (χ0n) is 11.6. The van der Waals surface area contributed by atoms with Crippen LogP contribution in [-0.4, -0.2) is 61.8 Å². The van der Waals surface area contributed by atoms with E-state index in [4.69, 9.17) is 0 Å². The molecule has 0 aliphatic carbocycles. The first-order valence-corrected chi connectivity index (χ1v) is 8.23. The second-order valence-electron chi connectivity index (χ2n) is 6.01. The van der Waals surface area contributed by atoms with Crippen LogP contribution >= 0.6 is 0 Å². The summed E-state index contributed by atoms with van der Waals surface area (Å²) in [6.45, 7) is 6.48. The lowest BCUT2D eigenvalue weighted by Gasteiger charge is -2.41. The highest BCUT2D eigenvalue weighted by Crippen LogP contribution is 2.28. The van der Waals surface area contributed by atoms with Crippen LogP contribution in [-0.2, 0) is 10.0 Å². The molecule has 0 amide bonds. The Balaban J connectivity index is 2.29. The summed E-state index contributed by atoms with van der Waals surface area (Å²) in [5.74, 6) is 0. The maximum Gasteiger partial charge on any atom is 0.221 e. The van der Waals surface area contributed by atoms with Crippen molar-refractivity contribution < 1.29 is 8.42 Å². The SMILES string of the molecule is CN1CCCCC1N1CCNCC(C)(C)S1(=O)=O. The second kappa shape index (κ2) is 5.07. The van der Waals surface area contributed by atoms with Gasteiger partial charge in [0, 0.05) is 19.6 Å². The van der Waals surface area contributed by atoms with Crippen molar-refractivity contribution in [1.29, 1.82) is 0 Å². The molecule has 2 aliphatic heterocycles. The molecule has 0 bridgehead atoms. The Bertz CT molecular complexity index is 394. The molecule has 2 rings (SSSR count). The number of piperidine rings is 1. The van der Waals surface area contributed by atoms with Gasteiger partial charge in [0.1, 0.15) is 0 Å². The van der Waals surface area contributed by atoms with Crippen molar-refractivity contribution in [3.63, 3.8) is 0 Å². The second-order valence-corrected chi connectivity index (χ2v) is 8.53. The molecule has 0 aromatic carbocycles. The summed E-state index contributed by atoms with van der Waals surface area (Å²) in [7, 11) is -1.21. The summed E-state index contributed by atoms with van der Waals surface area (Å²) in [6.07, 6.45) is 3.28. The lowest BCUT2D eigenvalue weighted by atomic mass is 10.1. The molecule has 1 N–H and O–H groups in total. The van der Waals surface area contributed by atoms with Gasteiger partial charge in [0.15, 0.2) is 0 Å². The number of hydrogen-bond donors (Lipinski definition) is 1. The van der Waals surface area contributed by atoms with Crippen LogP contribution in [0.25, 0.3) is 0 Å². The molecule has 0 saturated carbocycles. The van der Waals surface area contributed by atoms with Crippen LogP contribution in [0.4, 0.5) is 0 Å². The van der Waals surface area contributed by atoms with Gasteiger partial charge in [-0.05, 0) is 46.7 Å². The third-order valence-corrected chi connectivity index (χ3v) is 6.72. The summed E-state index contributed by atoms with van der Waals surface area (Å²) in [4.78, 5) is 2.18. The van der Waals surface area contributed by atoms with E-state index in [1.807, 2.05) is 20.9 Å². The van der Waals surface area contributed by atoms with Crippen molar-refractivity contribution in [2.45, 2.75) is 44.0 Å². The predicted molar refractivity (Wildman–Crippen MR) is 72.8 cm³/mol. The van der Waals surface area contributed by atoms with E-state index in [9.17, 15) is 8.42 Å². The lowest BCUT2D eigenvalue weighted by Crippen LogP contribution is -2.56. The Morgan fingerprint density at radius 1 is 1.22 bits per heavy atom. The minimum atomic E-state index is -3.24. The van der Waals surface area contributed by atoms with Crippen LogP contribution in [0.2, 0.25) is 0 Å². The Labute approximate surface area is 111 Å². The highest BCUT2D eigenvalue weighted by atomic mass is 32.2. The largest absolute Gasteiger partial charge is 0.314 e. The van der Waals surface area contributed by atoms with Gasteiger partial charge >= 0.3 is 0 Å². The first-order chi connectivity index (χ1) is 8.36. The number of hydrogen-bond acceptors (Lipinski definition) is 4. The van der Waals surface area contributed by atoms with Crippen molar-refractivity contribution in [2.75, 3.05) is 33.2 Å². The number of sulfonamides is 1. The number of nitrogens with one attached hydrogen (secondary N) is 1. The van der Waals surface area contributed by atoms with Crippen LogP contribution in [0.1, 0.15) is 33.1 Å². The van der Waals surface area contributed by atoms with Gasteiger partial charge in [-0.1, -0.05) is 0 Å². The highest BCUT2D eigenvalue weighted by molar-refractivity contribution is 7.90. The number of rotatable bonds is 1. The molecule has 0 spiro atoms. The Kier molecular flexibility index (Phi) is 4.02. The van der Waals surface area contributed by atoms with E-state index in [2.05, 4.69) is 10.2 Å². The van der Waals surface area contributed by atoms with Gasteiger partial charge in [-0.15, -0.1) is 0 Å². The Morgan fingerprint density at radius 3 is 2.61 bits per heavy atom. The first kappa shape index (κ1) is 14.2. The smallest absolute Gasteiger partial charge is 0.221 e. The molecular formula is C12H25N3O2S. The van der Waals surface area contributed by atoms with Crippen molar-refractivity contribution in [3.05, 3.63) is 0 Å². The van der Waals surface area contributed by atoms with Crippen molar-refractivity contribution in [3.8, 4) is 0 Å². The van der Waals surface area contributed by atoms with E-state index < -0.39 is 14.8 Å². The Hall–Kier alpha value is -0.170. The Morgan fingerprint density at radius 2 is 1.94 bits per heavy atom. The fourth-order valence-electron chi connectivity index (χ4n) is 2.84. The average molecular weight is 275 g/mol. The van der Waals surface area contributed by atoms with Crippen molar-refractivity contribution in [2.24, 2.45) is 0 Å². The van der Waals surface area contributed by atoms with Gasteiger partial charge < -0.3 is 5.32 Å². The van der Waals surface area contributed by atoms with E-state index in [0.717, 1.165) is 25.9 Å². The van der Waals surface area contributed by atoms with E-state index in [-0.39, 0.29) is 6.17 Å². The molecule has 2 aliphatic rings.